The van der Waals surface area contributed by atoms with E-state index in [4.69, 9.17) is 9.26 Å². The van der Waals surface area contributed by atoms with E-state index in [0.29, 0.717) is 16.4 Å². The highest BCUT2D eigenvalue weighted by atomic mass is 19.3. The molecule has 30 heavy (non-hydrogen) atoms. The molecule has 1 aliphatic rings. The van der Waals surface area contributed by atoms with Crippen LogP contribution in [0.2, 0.25) is 0 Å². The smallest absolute Gasteiger partial charge is 0.293 e. The number of ether oxygens (including phenoxy) is 1. The number of carbonyl (C=O) groups excluding carboxylic acids is 1. The van der Waals surface area contributed by atoms with Crippen LogP contribution in [0.15, 0.2) is 65.2 Å². The molecule has 3 heterocycles. The van der Waals surface area contributed by atoms with Crippen molar-refractivity contribution in [2.75, 3.05) is 13.1 Å². The van der Waals surface area contributed by atoms with E-state index in [2.05, 4.69) is 10.1 Å². The van der Waals surface area contributed by atoms with Crippen LogP contribution in [0.25, 0.3) is 21.8 Å². The van der Waals surface area contributed by atoms with Gasteiger partial charge in [0.05, 0.1) is 17.4 Å². The quantitative estimate of drug-likeness (QED) is 0.505. The Morgan fingerprint density at radius 3 is 2.70 bits per heavy atom. The average molecular weight is 409 g/mol. The molecule has 0 unspecified atom stereocenters. The van der Waals surface area contributed by atoms with Crippen LogP contribution in [0.5, 0.6) is 5.88 Å². The minimum Gasteiger partial charge on any atom is -0.466 e. The molecule has 1 fully saturated rings. The van der Waals surface area contributed by atoms with Gasteiger partial charge < -0.3 is 14.2 Å². The van der Waals surface area contributed by atoms with Crippen molar-refractivity contribution in [1.82, 2.24) is 15.0 Å². The van der Waals surface area contributed by atoms with E-state index >= 15 is 0 Å². The van der Waals surface area contributed by atoms with Crippen molar-refractivity contribution in [3.05, 3.63) is 66.4 Å². The SMILES string of the molecule is O=C(c1onc2ccccc12)N1CCC(F)(F)[C@@H](Oc2ccc3ccccc3n2)C1. The second-order valence-corrected chi connectivity index (χ2v) is 7.24. The van der Waals surface area contributed by atoms with Crippen LogP contribution < -0.4 is 4.74 Å². The molecule has 2 aromatic heterocycles. The van der Waals surface area contributed by atoms with Crippen molar-refractivity contribution in [2.45, 2.75) is 18.4 Å². The maximum atomic E-state index is 14.6. The molecule has 1 aliphatic heterocycles. The number of alkyl halides is 2. The highest BCUT2D eigenvalue weighted by Crippen LogP contribution is 2.33. The van der Waals surface area contributed by atoms with Crippen molar-refractivity contribution in [1.29, 1.82) is 0 Å². The Balaban J connectivity index is 1.39. The summed E-state index contributed by atoms with van der Waals surface area (Å²) in [5.41, 5.74) is 1.19. The second-order valence-electron chi connectivity index (χ2n) is 7.24. The Labute approximate surface area is 170 Å². The van der Waals surface area contributed by atoms with Crippen LogP contribution in [0.3, 0.4) is 0 Å². The molecule has 8 heteroatoms. The molecule has 1 amide bonds. The zero-order chi connectivity index (χ0) is 20.7. The van der Waals surface area contributed by atoms with Crippen LogP contribution >= 0.6 is 0 Å². The number of aromatic nitrogens is 2. The number of amides is 1. The molecule has 0 aliphatic carbocycles. The van der Waals surface area contributed by atoms with Gasteiger partial charge in [-0.1, -0.05) is 35.5 Å². The Morgan fingerprint density at radius 2 is 1.83 bits per heavy atom. The molecule has 1 atom stereocenters. The van der Waals surface area contributed by atoms with E-state index < -0.39 is 24.4 Å². The van der Waals surface area contributed by atoms with E-state index in [1.54, 1.807) is 42.5 Å². The van der Waals surface area contributed by atoms with Gasteiger partial charge in [0.15, 0.2) is 6.10 Å². The summed E-state index contributed by atoms with van der Waals surface area (Å²) in [6, 6.07) is 17.6. The lowest BCUT2D eigenvalue weighted by Gasteiger charge is -2.37. The summed E-state index contributed by atoms with van der Waals surface area (Å²) in [6.07, 6.45) is -2.03. The molecule has 2 aromatic carbocycles. The average Bonchev–Trinajstić information content (AvgIpc) is 3.19. The van der Waals surface area contributed by atoms with Crippen molar-refractivity contribution in [3.8, 4) is 5.88 Å². The van der Waals surface area contributed by atoms with Gasteiger partial charge in [-0.15, -0.1) is 0 Å². The van der Waals surface area contributed by atoms with E-state index in [1.807, 2.05) is 18.2 Å². The van der Waals surface area contributed by atoms with Crippen molar-refractivity contribution >= 4 is 27.7 Å². The number of hydrogen-bond acceptors (Lipinski definition) is 5. The second kappa shape index (κ2) is 7.05. The molecule has 0 N–H and O–H groups in total. The first kappa shape index (κ1) is 18.5. The number of likely N-dealkylation sites (tertiary alicyclic amines) is 1. The predicted molar refractivity (Wildman–Crippen MR) is 106 cm³/mol. The van der Waals surface area contributed by atoms with E-state index in [-0.39, 0.29) is 24.7 Å². The third-order valence-electron chi connectivity index (χ3n) is 5.27. The molecule has 0 saturated carbocycles. The number of hydrogen-bond donors (Lipinski definition) is 0. The molecule has 152 valence electrons. The van der Waals surface area contributed by atoms with Gasteiger partial charge in [-0.05, 0) is 24.3 Å². The monoisotopic (exact) mass is 409 g/mol. The van der Waals surface area contributed by atoms with Crippen LogP contribution in [-0.2, 0) is 0 Å². The first-order chi connectivity index (χ1) is 14.5. The first-order valence-electron chi connectivity index (χ1n) is 9.55. The van der Waals surface area contributed by atoms with Gasteiger partial charge in [0, 0.05) is 24.4 Å². The normalized spacial score (nSPS) is 18.6. The Morgan fingerprint density at radius 1 is 1.07 bits per heavy atom. The Hall–Kier alpha value is -3.55. The lowest BCUT2D eigenvalue weighted by atomic mass is 10.0. The van der Waals surface area contributed by atoms with E-state index in [9.17, 15) is 13.6 Å². The number of rotatable bonds is 3. The van der Waals surface area contributed by atoms with Crippen LogP contribution in [0.4, 0.5) is 8.78 Å². The standard InChI is InChI=1S/C22H17F2N3O3/c23-22(24)11-12-27(21(28)20-15-6-2-4-8-17(15)26-30-20)13-18(22)29-19-10-9-14-5-1-3-7-16(14)25-19/h1-10,18H,11-13H2/t18-/m0/s1. The fraction of sp³-hybridized carbons (Fsp3) is 0.227. The molecule has 1 saturated heterocycles. The van der Waals surface area contributed by atoms with Gasteiger partial charge in [0.25, 0.3) is 11.8 Å². The number of piperidine rings is 1. The summed E-state index contributed by atoms with van der Waals surface area (Å²) in [7, 11) is 0. The maximum Gasteiger partial charge on any atom is 0.293 e. The lowest BCUT2D eigenvalue weighted by molar-refractivity contribution is -0.131. The number of carbonyl (C=O) groups is 1. The minimum absolute atomic E-state index is 0.0402. The van der Waals surface area contributed by atoms with Gasteiger partial charge >= 0.3 is 0 Å². The number of para-hydroxylation sites is 1. The summed E-state index contributed by atoms with van der Waals surface area (Å²) in [5, 5.41) is 5.30. The molecular formula is C22H17F2N3O3. The van der Waals surface area contributed by atoms with Crippen molar-refractivity contribution < 1.29 is 22.8 Å². The summed E-state index contributed by atoms with van der Waals surface area (Å²) in [4.78, 5) is 18.6. The zero-order valence-electron chi connectivity index (χ0n) is 15.8. The third-order valence-corrected chi connectivity index (χ3v) is 5.27. The number of benzene rings is 2. The summed E-state index contributed by atoms with van der Waals surface area (Å²) < 4.78 is 39.9. The van der Waals surface area contributed by atoms with E-state index in [1.165, 1.54) is 4.90 Å². The zero-order valence-corrected chi connectivity index (χ0v) is 15.8. The fourth-order valence-electron chi connectivity index (χ4n) is 3.62. The Kier molecular flexibility index (Phi) is 4.34. The predicted octanol–water partition coefficient (Wildman–Crippen LogP) is 4.30. The minimum atomic E-state index is -3.09. The highest BCUT2D eigenvalue weighted by Gasteiger charge is 2.47. The van der Waals surface area contributed by atoms with Crippen LogP contribution in [0, 0.1) is 0 Å². The van der Waals surface area contributed by atoms with Gasteiger partial charge in [-0.25, -0.2) is 13.8 Å². The number of halogens is 2. The fourth-order valence-corrected chi connectivity index (χ4v) is 3.62. The van der Waals surface area contributed by atoms with Gasteiger partial charge in [-0.2, -0.15) is 0 Å². The van der Waals surface area contributed by atoms with Crippen LogP contribution in [-0.4, -0.2) is 46.1 Å². The summed E-state index contributed by atoms with van der Waals surface area (Å²) in [5.74, 6) is -3.44. The molecule has 0 bridgehead atoms. The number of fused-ring (bicyclic) bond motifs is 2. The number of nitrogens with zero attached hydrogens (tertiary/aromatic N) is 3. The lowest BCUT2D eigenvalue weighted by Crippen LogP contribution is -2.55. The first-order valence-corrected chi connectivity index (χ1v) is 9.55. The van der Waals surface area contributed by atoms with Crippen LogP contribution in [0.1, 0.15) is 17.0 Å². The topological polar surface area (TPSA) is 68.5 Å². The van der Waals surface area contributed by atoms with Gasteiger partial charge in [0.2, 0.25) is 11.6 Å². The molecule has 4 aromatic rings. The maximum absolute atomic E-state index is 14.6. The summed E-state index contributed by atoms with van der Waals surface area (Å²) >= 11 is 0. The van der Waals surface area contributed by atoms with Crippen molar-refractivity contribution in [2.24, 2.45) is 0 Å². The largest absolute Gasteiger partial charge is 0.466 e. The highest BCUT2D eigenvalue weighted by molar-refractivity contribution is 6.03. The number of pyridine rings is 1. The molecule has 6 nitrogen and oxygen atoms in total. The third kappa shape index (κ3) is 3.24. The van der Waals surface area contributed by atoms with Gasteiger partial charge in [-0.3, -0.25) is 4.79 Å². The summed E-state index contributed by atoms with van der Waals surface area (Å²) in [6.45, 7) is -0.388. The molecule has 0 spiro atoms. The van der Waals surface area contributed by atoms with Crippen molar-refractivity contribution in [3.63, 3.8) is 0 Å². The van der Waals surface area contributed by atoms with E-state index in [0.717, 1.165) is 5.39 Å². The molecule has 0 radical (unpaired) electrons. The molecule has 5 rings (SSSR count). The van der Waals surface area contributed by atoms with Gasteiger partial charge in [0.1, 0.15) is 5.52 Å². The Bertz CT molecular complexity index is 1240. The molecular weight excluding hydrogens is 392 g/mol.